The Bertz CT molecular complexity index is 371. The Labute approximate surface area is 120 Å². The molecule has 2 aliphatic heterocycles. The van der Waals surface area contributed by atoms with Crippen LogP contribution in [0.1, 0.15) is 33.1 Å². The Balaban J connectivity index is 1.96. The number of carbonyl (C=O) groups excluding carboxylic acids is 1. The molecular weight excluding hydrogens is 258 g/mol. The van der Waals surface area contributed by atoms with Gasteiger partial charge in [-0.3, -0.25) is 4.90 Å². The predicted octanol–water partition coefficient (Wildman–Crippen LogP) is 1.07. The van der Waals surface area contributed by atoms with Gasteiger partial charge in [-0.1, -0.05) is 13.8 Å². The lowest BCUT2D eigenvalue weighted by atomic mass is 10.2. The van der Waals surface area contributed by atoms with Crippen LogP contribution in [0.2, 0.25) is 0 Å². The van der Waals surface area contributed by atoms with Crippen LogP contribution in [0.15, 0.2) is 0 Å². The molecule has 2 unspecified atom stereocenters. The van der Waals surface area contributed by atoms with Crippen LogP contribution < -0.4 is 0 Å². The third-order valence-electron chi connectivity index (χ3n) is 4.55. The van der Waals surface area contributed by atoms with Crippen LogP contribution in [0.3, 0.4) is 0 Å². The molecule has 2 saturated heterocycles. The first kappa shape index (κ1) is 15.1. The topological polar surface area (TPSA) is 64.1 Å². The molecule has 0 spiro atoms. The molecule has 0 bridgehead atoms. The van der Waals surface area contributed by atoms with E-state index in [1.807, 2.05) is 4.90 Å². The summed E-state index contributed by atoms with van der Waals surface area (Å²) in [6, 6.07) is -0.306. The van der Waals surface area contributed by atoms with E-state index < -0.39 is 12.0 Å². The molecule has 0 aromatic carbocycles. The summed E-state index contributed by atoms with van der Waals surface area (Å²) in [5.41, 5.74) is 0. The summed E-state index contributed by atoms with van der Waals surface area (Å²) in [5, 5.41) is 9.17. The first-order chi connectivity index (χ1) is 9.58. The fraction of sp³-hybridized carbons (Fsp3) is 0.857. The van der Waals surface area contributed by atoms with E-state index in [2.05, 4.69) is 18.7 Å². The monoisotopic (exact) mass is 283 g/mol. The number of aliphatic carboxylic acids is 1. The fourth-order valence-corrected chi connectivity index (χ4v) is 3.39. The Morgan fingerprint density at radius 3 is 2.50 bits per heavy atom. The number of amides is 2. The molecule has 2 aliphatic rings. The first-order valence-electron chi connectivity index (χ1n) is 7.60. The number of urea groups is 1. The van der Waals surface area contributed by atoms with E-state index in [0.717, 1.165) is 39.0 Å². The van der Waals surface area contributed by atoms with Gasteiger partial charge in [0.1, 0.15) is 6.04 Å². The fourth-order valence-electron chi connectivity index (χ4n) is 3.39. The van der Waals surface area contributed by atoms with E-state index in [1.165, 1.54) is 4.90 Å². The number of carboxylic acid groups (broad SMARTS) is 1. The van der Waals surface area contributed by atoms with Gasteiger partial charge in [-0.2, -0.15) is 0 Å². The summed E-state index contributed by atoms with van der Waals surface area (Å²) in [4.78, 5) is 29.4. The highest BCUT2D eigenvalue weighted by Crippen LogP contribution is 2.23. The minimum Gasteiger partial charge on any atom is -0.480 e. The van der Waals surface area contributed by atoms with Gasteiger partial charge in [0.25, 0.3) is 0 Å². The number of hydrogen-bond acceptors (Lipinski definition) is 3. The summed E-state index contributed by atoms with van der Waals surface area (Å²) >= 11 is 0. The van der Waals surface area contributed by atoms with Crippen molar-refractivity contribution in [1.82, 2.24) is 14.7 Å². The van der Waals surface area contributed by atoms with Crippen LogP contribution in [0.25, 0.3) is 0 Å². The summed E-state index contributed by atoms with van der Waals surface area (Å²) in [5.74, 6) is -0.879. The van der Waals surface area contributed by atoms with Gasteiger partial charge in [0.05, 0.1) is 0 Å². The number of likely N-dealkylation sites (tertiary alicyclic amines) is 2. The summed E-state index contributed by atoms with van der Waals surface area (Å²) in [6.45, 7) is 8.29. The molecule has 2 rings (SSSR count). The maximum absolute atomic E-state index is 12.5. The van der Waals surface area contributed by atoms with Gasteiger partial charge < -0.3 is 14.9 Å². The van der Waals surface area contributed by atoms with Crippen molar-refractivity contribution in [3.8, 4) is 0 Å². The van der Waals surface area contributed by atoms with Gasteiger partial charge in [-0.15, -0.1) is 0 Å². The molecule has 0 aromatic rings. The zero-order valence-electron chi connectivity index (χ0n) is 12.4. The maximum atomic E-state index is 12.5. The third-order valence-corrected chi connectivity index (χ3v) is 4.55. The van der Waals surface area contributed by atoms with E-state index in [0.29, 0.717) is 19.0 Å². The lowest BCUT2D eigenvalue weighted by Gasteiger charge is -2.29. The summed E-state index contributed by atoms with van der Waals surface area (Å²) in [6.07, 6.45) is 2.35. The zero-order chi connectivity index (χ0) is 14.7. The number of likely N-dealkylation sites (N-methyl/N-ethyl adjacent to an activating group) is 1. The van der Waals surface area contributed by atoms with Crippen molar-refractivity contribution < 1.29 is 14.7 Å². The van der Waals surface area contributed by atoms with E-state index in [1.54, 1.807) is 0 Å². The van der Waals surface area contributed by atoms with Crippen LogP contribution in [0, 0.1) is 0 Å². The Morgan fingerprint density at radius 2 is 1.90 bits per heavy atom. The average Bonchev–Trinajstić information content (AvgIpc) is 3.08. The van der Waals surface area contributed by atoms with Crippen molar-refractivity contribution in [2.75, 3.05) is 32.7 Å². The number of rotatable bonds is 4. The van der Waals surface area contributed by atoms with Gasteiger partial charge in [-0.25, -0.2) is 9.59 Å². The molecule has 114 valence electrons. The predicted molar refractivity (Wildman–Crippen MR) is 75.7 cm³/mol. The number of hydrogen-bond donors (Lipinski definition) is 1. The second kappa shape index (κ2) is 6.43. The van der Waals surface area contributed by atoms with Crippen LogP contribution >= 0.6 is 0 Å². The second-order valence-electron chi connectivity index (χ2n) is 5.58. The SMILES string of the molecule is CCN(CC)C1CCN(C(=O)N2CCCC2C(=O)O)C1. The maximum Gasteiger partial charge on any atom is 0.326 e. The lowest BCUT2D eigenvalue weighted by molar-refractivity contribution is -0.141. The molecule has 2 atom stereocenters. The van der Waals surface area contributed by atoms with Crippen LogP contribution in [0.4, 0.5) is 4.79 Å². The molecule has 0 saturated carbocycles. The number of nitrogens with zero attached hydrogens (tertiary/aromatic N) is 3. The van der Waals surface area contributed by atoms with Gasteiger partial charge in [0.2, 0.25) is 0 Å². The first-order valence-corrected chi connectivity index (χ1v) is 7.60. The van der Waals surface area contributed by atoms with E-state index in [4.69, 9.17) is 0 Å². The molecule has 0 aromatic heterocycles. The zero-order valence-corrected chi connectivity index (χ0v) is 12.4. The average molecular weight is 283 g/mol. The van der Waals surface area contributed by atoms with Crippen molar-refractivity contribution in [2.45, 2.75) is 45.2 Å². The summed E-state index contributed by atoms with van der Waals surface area (Å²) < 4.78 is 0. The van der Waals surface area contributed by atoms with Crippen LogP contribution in [0.5, 0.6) is 0 Å². The third kappa shape index (κ3) is 2.90. The highest BCUT2D eigenvalue weighted by Gasteiger charge is 2.38. The van der Waals surface area contributed by atoms with Gasteiger partial charge in [-0.05, 0) is 32.4 Å². The van der Waals surface area contributed by atoms with E-state index in [9.17, 15) is 14.7 Å². The largest absolute Gasteiger partial charge is 0.480 e. The molecule has 2 heterocycles. The molecule has 2 amide bonds. The van der Waals surface area contributed by atoms with Crippen molar-refractivity contribution in [3.05, 3.63) is 0 Å². The smallest absolute Gasteiger partial charge is 0.326 e. The van der Waals surface area contributed by atoms with Gasteiger partial charge >= 0.3 is 12.0 Å². The van der Waals surface area contributed by atoms with Crippen LogP contribution in [-0.2, 0) is 4.79 Å². The molecular formula is C14H25N3O3. The molecule has 6 nitrogen and oxygen atoms in total. The Morgan fingerprint density at radius 1 is 1.20 bits per heavy atom. The number of carboxylic acids is 1. The van der Waals surface area contributed by atoms with E-state index in [-0.39, 0.29) is 6.03 Å². The molecule has 1 N–H and O–H groups in total. The molecule has 0 aliphatic carbocycles. The van der Waals surface area contributed by atoms with Crippen molar-refractivity contribution >= 4 is 12.0 Å². The van der Waals surface area contributed by atoms with Gasteiger partial charge in [0, 0.05) is 25.7 Å². The minimum atomic E-state index is -0.879. The molecule has 2 fully saturated rings. The molecule has 0 radical (unpaired) electrons. The molecule has 20 heavy (non-hydrogen) atoms. The second-order valence-corrected chi connectivity index (χ2v) is 5.58. The highest BCUT2D eigenvalue weighted by molar-refractivity contribution is 5.83. The van der Waals surface area contributed by atoms with E-state index >= 15 is 0 Å². The highest BCUT2D eigenvalue weighted by atomic mass is 16.4. The molecule has 6 heteroatoms. The van der Waals surface area contributed by atoms with Crippen LogP contribution in [-0.4, -0.2) is 76.6 Å². The number of carbonyl (C=O) groups is 2. The summed E-state index contributed by atoms with van der Waals surface area (Å²) in [7, 11) is 0. The standard InChI is InChI=1S/C14H25N3O3/c1-3-15(4-2)11-7-9-16(10-11)14(20)17-8-5-6-12(17)13(18)19/h11-12H,3-10H2,1-2H3,(H,18,19). The normalized spacial score (nSPS) is 26.6. The quantitative estimate of drug-likeness (QED) is 0.838. The minimum absolute atomic E-state index is 0.0930. The van der Waals surface area contributed by atoms with Crippen molar-refractivity contribution in [1.29, 1.82) is 0 Å². The van der Waals surface area contributed by atoms with Crippen molar-refractivity contribution in [3.63, 3.8) is 0 Å². The van der Waals surface area contributed by atoms with Crippen molar-refractivity contribution in [2.24, 2.45) is 0 Å². The Hall–Kier alpha value is -1.30. The lowest BCUT2D eigenvalue weighted by Crippen LogP contribution is -2.48. The van der Waals surface area contributed by atoms with Gasteiger partial charge in [0.15, 0.2) is 0 Å². The Kier molecular flexibility index (Phi) is 4.86.